The quantitative estimate of drug-likeness (QED) is 0.804. The Bertz CT molecular complexity index is 295. The van der Waals surface area contributed by atoms with E-state index in [9.17, 15) is 4.79 Å². The van der Waals surface area contributed by atoms with Crippen molar-refractivity contribution >= 4 is 5.91 Å². The minimum Gasteiger partial charge on any atom is -0.375 e. The Hall–Kier alpha value is -0.610. The van der Waals surface area contributed by atoms with Crippen molar-refractivity contribution in [2.45, 2.75) is 57.2 Å². The van der Waals surface area contributed by atoms with Crippen LogP contribution in [0.4, 0.5) is 0 Å². The van der Waals surface area contributed by atoms with E-state index in [1.165, 1.54) is 0 Å². The normalized spacial score (nSPS) is 38.8. The van der Waals surface area contributed by atoms with Gasteiger partial charge in [0, 0.05) is 26.2 Å². The number of ether oxygens (including phenoxy) is 1. The fraction of sp³-hybridized carbons (Fsp3) is 0.923. The molecule has 0 bridgehead atoms. The van der Waals surface area contributed by atoms with Crippen LogP contribution in [0.5, 0.6) is 0 Å². The van der Waals surface area contributed by atoms with Gasteiger partial charge in [0.05, 0.1) is 11.6 Å². The summed E-state index contributed by atoms with van der Waals surface area (Å²) >= 11 is 0. The third-order valence-corrected chi connectivity index (χ3v) is 4.21. The molecule has 4 nitrogen and oxygen atoms in total. The topological polar surface area (TPSA) is 41.6 Å². The van der Waals surface area contributed by atoms with E-state index in [4.69, 9.17) is 4.74 Å². The molecule has 4 heteroatoms. The molecule has 2 rings (SSSR count). The highest BCUT2D eigenvalue weighted by atomic mass is 16.5. The molecule has 2 aliphatic rings. The van der Waals surface area contributed by atoms with Gasteiger partial charge in [0.2, 0.25) is 5.91 Å². The molecule has 0 saturated carbocycles. The third-order valence-electron chi connectivity index (χ3n) is 4.21. The van der Waals surface area contributed by atoms with Crippen molar-refractivity contribution in [1.29, 1.82) is 0 Å². The Morgan fingerprint density at radius 2 is 2.29 bits per heavy atom. The highest BCUT2D eigenvalue weighted by molar-refractivity contribution is 5.83. The van der Waals surface area contributed by atoms with Crippen LogP contribution < -0.4 is 5.32 Å². The molecule has 98 valence electrons. The molecule has 0 aromatic heterocycles. The average Bonchev–Trinajstić information content (AvgIpc) is 2.61. The van der Waals surface area contributed by atoms with Crippen molar-refractivity contribution in [3.63, 3.8) is 0 Å². The number of carbonyl (C=O) groups is 1. The number of carbonyl (C=O) groups excluding carboxylic acids is 1. The maximum absolute atomic E-state index is 11.8. The summed E-state index contributed by atoms with van der Waals surface area (Å²) in [6, 6.07) is 0.457. The summed E-state index contributed by atoms with van der Waals surface area (Å²) in [6.07, 6.45) is 4.00. The number of likely N-dealkylation sites (tertiary alicyclic amines) is 1. The van der Waals surface area contributed by atoms with Crippen LogP contribution in [0.25, 0.3) is 0 Å². The number of amides is 1. The molecule has 0 aromatic rings. The van der Waals surface area contributed by atoms with Crippen LogP contribution in [0, 0.1) is 0 Å². The van der Waals surface area contributed by atoms with E-state index in [-0.39, 0.29) is 17.6 Å². The van der Waals surface area contributed by atoms with Gasteiger partial charge in [0.1, 0.15) is 0 Å². The lowest BCUT2D eigenvalue weighted by molar-refractivity contribution is -0.129. The highest BCUT2D eigenvalue weighted by Crippen LogP contribution is 2.28. The molecule has 1 amide bonds. The van der Waals surface area contributed by atoms with Crippen LogP contribution in [0.15, 0.2) is 0 Å². The van der Waals surface area contributed by atoms with Crippen molar-refractivity contribution < 1.29 is 9.53 Å². The van der Waals surface area contributed by atoms with E-state index >= 15 is 0 Å². The number of nitrogens with one attached hydrogen (secondary N) is 1. The van der Waals surface area contributed by atoms with Crippen LogP contribution in [-0.2, 0) is 9.53 Å². The van der Waals surface area contributed by atoms with Gasteiger partial charge >= 0.3 is 0 Å². The van der Waals surface area contributed by atoms with Crippen molar-refractivity contribution in [3.8, 4) is 0 Å². The third kappa shape index (κ3) is 2.80. The highest BCUT2D eigenvalue weighted by Gasteiger charge is 2.36. The standard InChI is InChI=1S/C13H24N2O2/c1-4-13(2)9-10(6-8-17-13)14-11-5-7-15(3)12(11)16/h10-11,14H,4-9H2,1-3H3. The Kier molecular flexibility index (Phi) is 3.73. The molecular weight excluding hydrogens is 216 g/mol. The lowest BCUT2D eigenvalue weighted by Crippen LogP contribution is -2.50. The summed E-state index contributed by atoms with van der Waals surface area (Å²) in [6.45, 7) is 6.02. The van der Waals surface area contributed by atoms with Gasteiger partial charge in [0.15, 0.2) is 0 Å². The molecule has 3 atom stereocenters. The smallest absolute Gasteiger partial charge is 0.239 e. The van der Waals surface area contributed by atoms with Gasteiger partial charge in [-0.25, -0.2) is 0 Å². The molecular formula is C13H24N2O2. The first-order chi connectivity index (χ1) is 8.04. The molecule has 3 unspecified atom stereocenters. The Morgan fingerprint density at radius 1 is 1.53 bits per heavy atom. The molecule has 0 radical (unpaired) electrons. The summed E-state index contributed by atoms with van der Waals surface area (Å²) in [5.41, 5.74) is -0.0104. The van der Waals surface area contributed by atoms with Crippen LogP contribution in [0.1, 0.15) is 39.5 Å². The van der Waals surface area contributed by atoms with E-state index in [1.807, 2.05) is 11.9 Å². The SMILES string of the molecule is CCC1(C)CC(NC2CCN(C)C2=O)CCO1. The van der Waals surface area contributed by atoms with Crippen molar-refractivity contribution in [2.24, 2.45) is 0 Å². The van der Waals surface area contributed by atoms with E-state index in [0.29, 0.717) is 6.04 Å². The van der Waals surface area contributed by atoms with E-state index in [2.05, 4.69) is 19.2 Å². The van der Waals surface area contributed by atoms with Gasteiger partial charge in [-0.05, 0) is 32.6 Å². The van der Waals surface area contributed by atoms with Gasteiger partial charge in [-0.15, -0.1) is 0 Å². The first-order valence-corrected chi connectivity index (χ1v) is 6.69. The molecule has 0 aromatic carbocycles. The zero-order valence-corrected chi connectivity index (χ0v) is 11.2. The molecule has 0 spiro atoms. The fourth-order valence-corrected chi connectivity index (χ4v) is 2.78. The van der Waals surface area contributed by atoms with Crippen LogP contribution in [0.2, 0.25) is 0 Å². The summed E-state index contributed by atoms with van der Waals surface area (Å²) < 4.78 is 5.82. The second-order valence-corrected chi connectivity index (χ2v) is 5.61. The second-order valence-electron chi connectivity index (χ2n) is 5.61. The summed E-state index contributed by atoms with van der Waals surface area (Å²) in [5.74, 6) is 0.245. The zero-order chi connectivity index (χ0) is 12.5. The number of rotatable bonds is 3. The monoisotopic (exact) mass is 240 g/mol. The zero-order valence-electron chi connectivity index (χ0n) is 11.2. The number of hydrogen-bond donors (Lipinski definition) is 1. The predicted octanol–water partition coefficient (Wildman–Crippen LogP) is 1.15. The van der Waals surface area contributed by atoms with Gasteiger partial charge in [-0.1, -0.05) is 6.92 Å². The summed E-state index contributed by atoms with van der Waals surface area (Å²) in [7, 11) is 1.88. The van der Waals surface area contributed by atoms with Crippen LogP contribution in [0.3, 0.4) is 0 Å². The first-order valence-electron chi connectivity index (χ1n) is 6.69. The number of nitrogens with zero attached hydrogens (tertiary/aromatic N) is 1. The summed E-state index contributed by atoms with van der Waals surface area (Å²) in [5, 5.41) is 3.52. The molecule has 1 N–H and O–H groups in total. The lowest BCUT2D eigenvalue weighted by Gasteiger charge is -2.38. The Labute approximate surface area is 104 Å². The molecule has 17 heavy (non-hydrogen) atoms. The lowest BCUT2D eigenvalue weighted by atomic mass is 9.89. The molecule has 0 aliphatic carbocycles. The predicted molar refractivity (Wildman–Crippen MR) is 66.8 cm³/mol. The van der Waals surface area contributed by atoms with Crippen molar-refractivity contribution in [2.75, 3.05) is 20.2 Å². The molecule has 2 heterocycles. The Balaban J connectivity index is 1.89. The molecule has 2 saturated heterocycles. The number of hydrogen-bond acceptors (Lipinski definition) is 3. The first kappa shape index (κ1) is 12.8. The Morgan fingerprint density at radius 3 is 2.88 bits per heavy atom. The molecule has 2 aliphatic heterocycles. The average molecular weight is 240 g/mol. The van der Waals surface area contributed by atoms with Crippen LogP contribution in [-0.4, -0.2) is 48.7 Å². The maximum atomic E-state index is 11.8. The van der Waals surface area contributed by atoms with Crippen molar-refractivity contribution in [3.05, 3.63) is 0 Å². The van der Waals surface area contributed by atoms with Gasteiger partial charge < -0.3 is 15.0 Å². The maximum Gasteiger partial charge on any atom is 0.239 e. The van der Waals surface area contributed by atoms with E-state index < -0.39 is 0 Å². The minimum absolute atomic E-state index is 0.0104. The van der Waals surface area contributed by atoms with Gasteiger partial charge in [-0.3, -0.25) is 4.79 Å². The summed E-state index contributed by atoms with van der Waals surface area (Å²) in [4.78, 5) is 13.7. The minimum atomic E-state index is -0.0104. The van der Waals surface area contributed by atoms with E-state index in [0.717, 1.165) is 38.8 Å². The second kappa shape index (κ2) is 4.94. The fourth-order valence-electron chi connectivity index (χ4n) is 2.78. The van der Waals surface area contributed by atoms with Crippen LogP contribution >= 0.6 is 0 Å². The van der Waals surface area contributed by atoms with Gasteiger partial charge in [0.25, 0.3) is 0 Å². The largest absolute Gasteiger partial charge is 0.375 e. The van der Waals surface area contributed by atoms with Crippen molar-refractivity contribution in [1.82, 2.24) is 10.2 Å². The van der Waals surface area contributed by atoms with E-state index in [1.54, 1.807) is 0 Å². The van der Waals surface area contributed by atoms with Gasteiger partial charge in [-0.2, -0.15) is 0 Å². The number of likely N-dealkylation sites (N-methyl/N-ethyl adjacent to an activating group) is 1. The molecule has 2 fully saturated rings.